The van der Waals surface area contributed by atoms with Crippen LogP contribution in [0.3, 0.4) is 0 Å². The predicted octanol–water partition coefficient (Wildman–Crippen LogP) is 3.19. The number of amides is 1. The normalized spacial score (nSPS) is 23.6. The van der Waals surface area contributed by atoms with Crippen LogP contribution in [-0.2, 0) is 10.0 Å². The summed E-state index contributed by atoms with van der Waals surface area (Å²) in [4.78, 5) is 26.3. The molecule has 0 saturated carbocycles. The van der Waals surface area contributed by atoms with Gasteiger partial charge in [0.05, 0.1) is 22.7 Å². The second-order valence-electron chi connectivity index (χ2n) is 12.0. The lowest BCUT2D eigenvalue weighted by Gasteiger charge is -2.43. The van der Waals surface area contributed by atoms with Crippen molar-refractivity contribution in [3.63, 3.8) is 0 Å². The molecule has 5 rings (SSSR count). The van der Waals surface area contributed by atoms with Crippen molar-refractivity contribution in [2.24, 2.45) is 23.7 Å². The molecule has 206 valence electrons. The molecule has 38 heavy (non-hydrogen) atoms. The number of fused-ring (bicyclic) bond motifs is 1. The van der Waals surface area contributed by atoms with E-state index < -0.39 is 10.0 Å². The zero-order chi connectivity index (χ0) is 27.0. The lowest BCUT2D eigenvalue weighted by Crippen LogP contribution is -2.53. The zero-order valence-corrected chi connectivity index (χ0v) is 23.9. The standard InChI is InChI=1S/C29H41N5O3S/c1-20(2)18-38(36,37)34-16-26(17-34)27(23-8-6-5-7-9-23)10-11-32-12-24-14-33(15-25(24)13-32)29(35)28-21(3)30-19-31-22(28)4/h5-9,19-20,24-27H,10-18H2,1-4H3. The molecule has 8 nitrogen and oxygen atoms in total. The number of hydrogen-bond acceptors (Lipinski definition) is 6. The molecule has 3 unspecified atom stereocenters. The van der Waals surface area contributed by atoms with Gasteiger partial charge in [-0.25, -0.2) is 22.7 Å². The van der Waals surface area contributed by atoms with E-state index in [2.05, 4.69) is 39.1 Å². The van der Waals surface area contributed by atoms with Gasteiger partial charge in [-0.3, -0.25) is 4.79 Å². The number of likely N-dealkylation sites (tertiary alicyclic amines) is 2. The fraction of sp³-hybridized carbons (Fsp3) is 0.621. The Bertz CT molecular complexity index is 1210. The Hall–Kier alpha value is -2.36. The van der Waals surface area contributed by atoms with Crippen LogP contribution in [0.15, 0.2) is 36.7 Å². The Morgan fingerprint density at radius 1 is 0.947 bits per heavy atom. The molecule has 3 fully saturated rings. The van der Waals surface area contributed by atoms with Crippen molar-refractivity contribution >= 4 is 15.9 Å². The Morgan fingerprint density at radius 3 is 2.13 bits per heavy atom. The Labute approximate surface area is 227 Å². The van der Waals surface area contributed by atoms with E-state index in [9.17, 15) is 13.2 Å². The second kappa shape index (κ2) is 11.0. The van der Waals surface area contributed by atoms with Crippen molar-refractivity contribution in [2.45, 2.75) is 40.0 Å². The van der Waals surface area contributed by atoms with E-state index in [1.807, 2.05) is 38.7 Å². The maximum absolute atomic E-state index is 13.2. The molecule has 1 aromatic carbocycles. The smallest absolute Gasteiger partial charge is 0.257 e. The van der Waals surface area contributed by atoms with Crippen molar-refractivity contribution < 1.29 is 13.2 Å². The number of aryl methyl sites for hydroxylation is 2. The number of carbonyl (C=O) groups is 1. The predicted molar refractivity (Wildman–Crippen MR) is 148 cm³/mol. The third-order valence-electron chi connectivity index (χ3n) is 8.66. The maximum Gasteiger partial charge on any atom is 0.257 e. The number of aromatic nitrogens is 2. The summed E-state index contributed by atoms with van der Waals surface area (Å²) in [6, 6.07) is 10.6. The lowest BCUT2D eigenvalue weighted by molar-refractivity contribution is 0.0770. The summed E-state index contributed by atoms with van der Waals surface area (Å²) in [5.74, 6) is 2.13. The van der Waals surface area contributed by atoms with Crippen LogP contribution in [0.1, 0.15) is 53.5 Å². The minimum Gasteiger partial charge on any atom is -0.338 e. The molecule has 4 heterocycles. The van der Waals surface area contributed by atoms with E-state index in [-0.39, 0.29) is 17.6 Å². The highest BCUT2D eigenvalue weighted by Gasteiger charge is 2.44. The molecule has 3 saturated heterocycles. The molecule has 0 N–H and O–H groups in total. The highest BCUT2D eigenvalue weighted by atomic mass is 32.2. The number of rotatable bonds is 9. The molecule has 0 bridgehead atoms. The van der Waals surface area contributed by atoms with Crippen LogP contribution in [0.4, 0.5) is 0 Å². The van der Waals surface area contributed by atoms with Gasteiger partial charge in [0, 0.05) is 39.3 Å². The fourth-order valence-corrected chi connectivity index (χ4v) is 8.56. The van der Waals surface area contributed by atoms with Gasteiger partial charge in [-0.1, -0.05) is 44.2 Å². The van der Waals surface area contributed by atoms with E-state index in [1.165, 1.54) is 11.9 Å². The van der Waals surface area contributed by atoms with Crippen molar-refractivity contribution in [2.75, 3.05) is 51.6 Å². The van der Waals surface area contributed by atoms with Gasteiger partial charge in [-0.05, 0) is 62.0 Å². The van der Waals surface area contributed by atoms with Crippen LogP contribution < -0.4 is 0 Å². The van der Waals surface area contributed by atoms with E-state index in [0.29, 0.717) is 42.3 Å². The van der Waals surface area contributed by atoms with Crippen molar-refractivity contribution in [1.82, 2.24) is 24.1 Å². The summed E-state index contributed by atoms with van der Waals surface area (Å²) in [5, 5.41) is 0. The first-order valence-electron chi connectivity index (χ1n) is 13.9. The average Bonchev–Trinajstić information content (AvgIpc) is 3.38. The quantitative estimate of drug-likeness (QED) is 0.487. The van der Waals surface area contributed by atoms with Gasteiger partial charge in [0.25, 0.3) is 5.91 Å². The van der Waals surface area contributed by atoms with E-state index in [1.54, 1.807) is 4.31 Å². The Morgan fingerprint density at radius 2 is 1.55 bits per heavy atom. The van der Waals surface area contributed by atoms with Crippen molar-refractivity contribution in [3.8, 4) is 0 Å². The van der Waals surface area contributed by atoms with Crippen molar-refractivity contribution in [1.29, 1.82) is 0 Å². The Balaban J connectivity index is 1.17. The minimum atomic E-state index is -3.17. The SMILES string of the molecule is Cc1ncnc(C)c1C(=O)N1CC2CN(CCC(c3ccccc3)C3CN(S(=O)(=O)CC(C)C)C3)CC2C1. The molecule has 1 aromatic heterocycles. The van der Waals surface area contributed by atoms with Gasteiger partial charge in [0.2, 0.25) is 10.0 Å². The van der Waals surface area contributed by atoms with Crippen LogP contribution in [-0.4, -0.2) is 90.0 Å². The number of hydrogen-bond donors (Lipinski definition) is 0. The number of carbonyl (C=O) groups excluding carboxylic acids is 1. The van der Waals surface area contributed by atoms with Gasteiger partial charge in [0.15, 0.2) is 0 Å². The molecule has 1 amide bonds. The summed E-state index contributed by atoms with van der Waals surface area (Å²) in [6.07, 6.45) is 2.54. The highest BCUT2D eigenvalue weighted by molar-refractivity contribution is 7.89. The summed E-state index contributed by atoms with van der Waals surface area (Å²) < 4.78 is 27.1. The van der Waals surface area contributed by atoms with E-state index in [4.69, 9.17) is 0 Å². The molecule has 0 spiro atoms. The number of benzene rings is 1. The van der Waals surface area contributed by atoms with Crippen LogP contribution >= 0.6 is 0 Å². The monoisotopic (exact) mass is 539 g/mol. The summed E-state index contributed by atoms with van der Waals surface area (Å²) in [5.41, 5.74) is 3.46. The minimum absolute atomic E-state index is 0.0626. The van der Waals surface area contributed by atoms with Gasteiger partial charge in [0.1, 0.15) is 6.33 Å². The number of nitrogens with zero attached hydrogens (tertiary/aromatic N) is 5. The van der Waals surface area contributed by atoms with Crippen LogP contribution in [0.25, 0.3) is 0 Å². The third-order valence-corrected chi connectivity index (χ3v) is 10.8. The first-order chi connectivity index (χ1) is 18.1. The fourth-order valence-electron chi connectivity index (χ4n) is 6.67. The van der Waals surface area contributed by atoms with Crippen LogP contribution in [0, 0.1) is 37.5 Å². The van der Waals surface area contributed by atoms with Gasteiger partial charge >= 0.3 is 0 Å². The zero-order valence-electron chi connectivity index (χ0n) is 23.1. The van der Waals surface area contributed by atoms with Crippen molar-refractivity contribution in [3.05, 3.63) is 59.2 Å². The molecule has 0 aliphatic carbocycles. The summed E-state index contributed by atoms with van der Waals surface area (Å²) >= 11 is 0. The molecular formula is C29H41N5O3S. The molecular weight excluding hydrogens is 498 g/mol. The molecule has 3 atom stereocenters. The summed E-state index contributed by atoms with van der Waals surface area (Å²) in [6.45, 7) is 13.5. The number of sulfonamides is 1. The molecule has 3 aliphatic rings. The van der Waals surface area contributed by atoms with Gasteiger partial charge < -0.3 is 9.80 Å². The largest absolute Gasteiger partial charge is 0.338 e. The third kappa shape index (κ3) is 5.65. The van der Waals surface area contributed by atoms with Gasteiger partial charge in [-0.15, -0.1) is 0 Å². The Kier molecular flexibility index (Phi) is 7.89. The van der Waals surface area contributed by atoms with Crippen LogP contribution in [0.2, 0.25) is 0 Å². The molecule has 9 heteroatoms. The molecule has 3 aliphatic heterocycles. The summed E-state index contributed by atoms with van der Waals surface area (Å²) in [7, 11) is -3.17. The maximum atomic E-state index is 13.2. The second-order valence-corrected chi connectivity index (χ2v) is 14.0. The highest BCUT2D eigenvalue weighted by Crippen LogP contribution is 2.38. The average molecular weight is 540 g/mol. The molecule has 2 aromatic rings. The van der Waals surface area contributed by atoms with E-state index in [0.717, 1.165) is 50.5 Å². The lowest BCUT2D eigenvalue weighted by atomic mass is 9.80. The first kappa shape index (κ1) is 27.2. The topological polar surface area (TPSA) is 86.7 Å². The van der Waals surface area contributed by atoms with Gasteiger partial charge in [-0.2, -0.15) is 0 Å². The van der Waals surface area contributed by atoms with Crippen LogP contribution in [0.5, 0.6) is 0 Å². The van der Waals surface area contributed by atoms with E-state index >= 15 is 0 Å². The first-order valence-corrected chi connectivity index (χ1v) is 15.6. The molecule has 0 radical (unpaired) electrons.